The number of benzene rings is 2. The van der Waals surface area contributed by atoms with Gasteiger partial charge in [-0.2, -0.15) is 0 Å². The van der Waals surface area contributed by atoms with Gasteiger partial charge in [0, 0.05) is 5.56 Å². The van der Waals surface area contributed by atoms with Crippen LogP contribution in [0.5, 0.6) is 11.5 Å². The van der Waals surface area contributed by atoms with Crippen LogP contribution in [0.3, 0.4) is 0 Å². The van der Waals surface area contributed by atoms with Crippen molar-refractivity contribution in [3.63, 3.8) is 0 Å². The van der Waals surface area contributed by atoms with E-state index in [1.807, 2.05) is 0 Å². The van der Waals surface area contributed by atoms with E-state index >= 15 is 0 Å². The summed E-state index contributed by atoms with van der Waals surface area (Å²) >= 11 is 0.799. The van der Waals surface area contributed by atoms with Gasteiger partial charge in [-0.25, -0.2) is 4.39 Å². The van der Waals surface area contributed by atoms with Gasteiger partial charge < -0.3 is 9.84 Å². The van der Waals surface area contributed by atoms with Crippen LogP contribution in [0.4, 0.5) is 9.18 Å². The van der Waals surface area contributed by atoms with E-state index in [0.29, 0.717) is 23.5 Å². The van der Waals surface area contributed by atoms with Gasteiger partial charge in [-0.05, 0) is 48.5 Å². The summed E-state index contributed by atoms with van der Waals surface area (Å²) in [5, 5.41) is 9.82. The Balaban J connectivity index is 1.83. The van der Waals surface area contributed by atoms with Gasteiger partial charge in [0.1, 0.15) is 5.82 Å². The standard InChI is InChI=1S/C19H16FNO4S/c1-2-25-15-5-3-4-13(17(15)22)10-16-18(23)21(19(24)26-16)11-12-6-8-14(20)9-7-12/h3-10,22H,2,11H2,1H3. The minimum absolute atomic E-state index is 0.0628. The van der Waals surface area contributed by atoms with Crippen molar-refractivity contribution in [3.05, 3.63) is 64.3 Å². The van der Waals surface area contributed by atoms with Crippen molar-refractivity contribution in [1.29, 1.82) is 0 Å². The van der Waals surface area contributed by atoms with Crippen molar-refractivity contribution < 1.29 is 23.8 Å². The van der Waals surface area contributed by atoms with Gasteiger partial charge in [-0.15, -0.1) is 0 Å². The summed E-state index contributed by atoms with van der Waals surface area (Å²) < 4.78 is 18.3. The molecule has 0 saturated carbocycles. The number of rotatable bonds is 5. The van der Waals surface area contributed by atoms with Gasteiger partial charge in [0.15, 0.2) is 11.5 Å². The van der Waals surface area contributed by atoms with Gasteiger partial charge in [0.05, 0.1) is 18.1 Å². The second kappa shape index (κ2) is 7.61. The summed E-state index contributed by atoms with van der Waals surface area (Å²) in [6.45, 7) is 2.26. The molecule has 1 aliphatic rings. The molecule has 2 aromatic rings. The largest absolute Gasteiger partial charge is 0.504 e. The third-order valence-electron chi connectivity index (χ3n) is 3.74. The fourth-order valence-electron chi connectivity index (χ4n) is 2.48. The Hall–Kier alpha value is -2.80. The average molecular weight is 373 g/mol. The van der Waals surface area contributed by atoms with Crippen LogP contribution in [-0.4, -0.2) is 27.8 Å². The number of hydrogen-bond acceptors (Lipinski definition) is 5. The maximum atomic E-state index is 13.0. The molecule has 0 bridgehead atoms. The second-order valence-electron chi connectivity index (χ2n) is 5.52. The number of carbonyl (C=O) groups excluding carboxylic acids is 2. The Morgan fingerprint density at radius 1 is 1.19 bits per heavy atom. The molecule has 134 valence electrons. The molecule has 1 heterocycles. The SMILES string of the molecule is CCOc1cccc(C=C2SC(=O)N(Cc3ccc(F)cc3)C2=O)c1O. The van der Waals surface area contributed by atoms with Crippen LogP contribution in [0, 0.1) is 5.82 Å². The lowest BCUT2D eigenvalue weighted by atomic mass is 10.1. The molecule has 1 aliphatic heterocycles. The first-order valence-corrected chi connectivity index (χ1v) is 8.76. The Morgan fingerprint density at radius 3 is 2.62 bits per heavy atom. The number of phenolic OH excluding ortho intramolecular Hbond substituents is 1. The van der Waals surface area contributed by atoms with E-state index in [4.69, 9.17) is 4.74 Å². The molecule has 26 heavy (non-hydrogen) atoms. The Morgan fingerprint density at radius 2 is 1.92 bits per heavy atom. The fourth-order valence-corrected chi connectivity index (χ4v) is 3.31. The molecular weight excluding hydrogens is 357 g/mol. The molecular formula is C19H16FNO4S. The zero-order valence-corrected chi connectivity index (χ0v) is 14.8. The molecule has 0 unspecified atom stereocenters. The minimum atomic E-state index is -0.453. The summed E-state index contributed by atoms with van der Waals surface area (Å²) in [5.74, 6) is -0.607. The third kappa shape index (κ3) is 3.72. The number of phenols is 1. The van der Waals surface area contributed by atoms with Crippen LogP contribution in [0.15, 0.2) is 47.4 Å². The molecule has 0 atom stereocenters. The van der Waals surface area contributed by atoms with Crippen molar-refractivity contribution in [2.45, 2.75) is 13.5 Å². The third-order valence-corrected chi connectivity index (χ3v) is 4.65. The molecule has 1 N–H and O–H groups in total. The Bertz CT molecular complexity index is 880. The van der Waals surface area contributed by atoms with Gasteiger partial charge in [0.2, 0.25) is 0 Å². The van der Waals surface area contributed by atoms with Gasteiger partial charge >= 0.3 is 0 Å². The number of para-hydroxylation sites is 1. The van der Waals surface area contributed by atoms with Crippen molar-refractivity contribution in [3.8, 4) is 11.5 Å². The highest BCUT2D eigenvalue weighted by atomic mass is 32.2. The maximum absolute atomic E-state index is 13.0. The molecule has 0 aliphatic carbocycles. The van der Waals surface area contributed by atoms with E-state index < -0.39 is 11.1 Å². The number of hydrogen-bond donors (Lipinski definition) is 1. The maximum Gasteiger partial charge on any atom is 0.293 e. The summed E-state index contributed by atoms with van der Waals surface area (Å²) in [5.41, 5.74) is 1.04. The van der Waals surface area contributed by atoms with E-state index in [2.05, 4.69) is 0 Å². The van der Waals surface area contributed by atoms with Crippen LogP contribution >= 0.6 is 11.8 Å². The molecule has 0 radical (unpaired) electrons. The van der Waals surface area contributed by atoms with Crippen molar-refractivity contribution in [1.82, 2.24) is 4.90 Å². The molecule has 7 heteroatoms. The number of thioether (sulfide) groups is 1. The lowest BCUT2D eigenvalue weighted by Gasteiger charge is -2.12. The number of amides is 2. The number of aromatic hydroxyl groups is 1. The highest BCUT2D eigenvalue weighted by Gasteiger charge is 2.35. The summed E-state index contributed by atoms with van der Waals surface area (Å²) in [6.07, 6.45) is 1.47. The normalized spacial score (nSPS) is 15.8. The molecule has 1 fully saturated rings. The lowest BCUT2D eigenvalue weighted by molar-refractivity contribution is -0.123. The number of nitrogens with zero attached hydrogens (tertiary/aromatic N) is 1. The van der Waals surface area contributed by atoms with E-state index in [1.165, 1.54) is 30.3 Å². The first-order chi connectivity index (χ1) is 12.5. The number of carbonyl (C=O) groups is 2. The van der Waals surface area contributed by atoms with E-state index in [1.54, 1.807) is 25.1 Å². The first kappa shape index (κ1) is 18.0. The molecule has 1 saturated heterocycles. The smallest absolute Gasteiger partial charge is 0.293 e. The molecule has 0 aromatic heterocycles. The quantitative estimate of drug-likeness (QED) is 0.797. The van der Waals surface area contributed by atoms with Crippen LogP contribution < -0.4 is 4.74 Å². The highest BCUT2D eigenvalue weighted by Crippen LogP contribution is 2.37. The van der Waals surface area contributed by atoms with Gasteiger partial charge in [-0.3, -0.25) is 14.5 Å². The topological polar surface area (TPSA) is 66.8 Å². The predicted molar refractivity (Wildman–Crippen MR) is 97.2 cm³/mol. The summed E-state index contributed by atoms with van der Waals surface area (Å²) in [6, 6.07) is 10.6. The van der Waals surface area contributed by atoms with E-state index in [0.717, 1.165) is 16.7 Å². The monoisotopic (exact) mass is 373 g/mol. The van der Waals surface area contributed by atoms with Crippen LogP contribution in [0.25, 0.3) is 6.08 Å². The molecule has 5 nitrogen and oxygen atoms in total. The summed E-state index contributed by atoms with van der Waals surface area (Å²) in [4.78, 5) is 26.0. The van der Waals surface area contributed by atoms with Gasteiger partial charge in [0.25, 0.3) is 11.1 Å². The zero-order valence-electron chi connectivity index (χ0n) is 13.9. The molecule has 2 aromatic carbocycles. The zero-order chi connectivity index (χ0) is 18.7. The van der Waals surface area contributed by atoms with Crippen molar-refractivity contribution in [2.24, 2.45) is 0 Å². The average Bonchev–Trinajstić information content (AvgIpc) is 2.88. The molecule has 0 spiro atoms. The summed E-state index contributed by atoms with van der Waals surface area (Å²) in [7, 11) is 0. The van der Waals surface area contributed by atoms with Crippen LogP contribution in [-0.2, 0) is 11.3 Å². The van der Waals surface area contributed by atoms with Gasteiger partial charge in [-0.1, -0.05) is 24.3 Å². The fraction of sp³-hybridized carbons (Fsp3) is 0.158. The minimum Gasteiger partial charge on any atom is -0.504 e. The van der Waals surface area contributed by atoms with E-state index in [9.17, 15) is 19.1 Å². The Labute approximate surface area is 154 Å². The molecule has 3 rings (SSSR count). The first-order valence-electron chi connectivity index (χ1n) is 7.94. The second-order valence-corrected chi connectivity index (χ2v) is 6.51. The highest BCUT2D eigenvalue weighted by molar-refractivity contribution is 8.18. The Kier molecular flexibility index (Phi) is 5.27. The van der Waals surface area contributed by atoms with Crippen molar-refractivity contribution in [2.75, 3.05) is 6.61 Å². The number of imide groups is 1. The van der Waals surface area contributed by atoms with E-state index in [-0.39, 0.29) is 23.0 Å². The van der Waals surface area contributed by atoms with Crippen LogP contribution in [0.2, 0.25) is 0 Å². The number of halogens is 1. The predicted octanol–water partition coefficient (Wildman–Crippen LogP) is 4.17. The number of ether oxygens (including phenoxy) is 1. The van der Waals surface area contributed by atoms with Crippen molar-refractivity contribution >= 4 is 29.0 Å². The lowest BCUT2D eigenvalue weighted by Crippen LogP contribution is -2.27. The van der Waals surface area contributed by atoms with Crippen LogP contribution in [0.1, 0.15) is 18.1 Å². The molecule has 2 amide bonds.